The van der Waals surface area contributed by atoms with Gasteiger partial charge in [0.2, 0.25) is 5.91 Å². The molecule has 0 spiro atoms. The molecule has 0 aliphatic carbocycles. The molecule has 2 aromatic rings. The van der Waals surface area contributed by atoms with E-state index in [0.29, 0.717) is 25.1 Å². The molecule has 1 saturated heterocycles. The van der Waals surface area contributed by atoms with Crippen LogP contribution in [0.2, 0.25) is 0 Å². The first kappa shape index (κ1) is 19.4. The Labute approximate surface area is 163 Å². The Bertz CT molecular complexity index is 928. The molecule has 0 saturated carbocycles. The van der Waals surface area contributed by atoms with E-state index < -0.39 is 10.0 Å². The van der Waals surface area contributed by atoms with Gasteiger partial charge in [0.15, 0.2) is 5.12 Å². The first-order valence-electron chi connectivity index (χ1n) is 8.49. The van der Waals surface area contributed by atoms with Crippen molar-refractivity contribution in [3.05, 3.63) is 60.2 Å². The molecule has 1 aliphatic rings. The van der Waals surface area contributed by atoms with Gasteiger partial charge in [-0.2, -0.15) is 0 Å². The van der Waals surface area contributed by atoms with Crippen molar-refractivity contribution >= 4 is 38.5 Å². The van der Waals surface area contributed by atoms with E-state index in [4.69, 9.17) is 0 Å². The van der Waals surface area contributed by atoms with Gasteiger partial charge in [-0.25, -0.2) is 8.42 Å². The molecule has 1 aliphatic heterocycles. The van der Waals surface area contributed by atoms with Gasteiger partial charge in [0, 0.05) is 25.6 Å². The van der Waals surface area contributed by atoms with Crippen molar-refractivity contribution < 1.29 is 18.0 Å². The number of nitrogens with one attached hydrogen (secondary N) is 1. The molecule has 8 heteroatoms. The van der Waals surface area contributed by atoms with Gasteiger partial charge in [-0.15, -0.1) is 0 Å². The topological polar surface area (TPSA) is 83.6 Å². The predicted molar refractivity (Wildman–Crippen MR) is 106 cm³/mol. The number of sulfonamides is 1. The molecule has 142 valence electrons. The van der Waals surface area contributed by atoms with Crippen LogP contribution in [-0.4, -0.2) is 29.7 Å². The minimum Gasteiger partial charge on any atom is -0.326 e. The maximum Gasteiger partial charge on any atom is 0.261 e. The third-order valence-electron chi connectivity index (χ3n) is 4.19. The Kier molecular flexibility index (Phi) is 5.86. The Morgan fingerprint density at radius 1 is 1.15 bits per heavy atom. The maximum absolute atomic E-state index is 12.4. The fourth-order valence-corrected chi connectivity index (χ4v) is 4.92. The standard InChI is InChI=1S/C19H20N2O4S2/c1-14(22)26-19-12-11-18(23)21(19)13-15-7-9-16(10-8-15)20-27(24,25)17-5-3-2-4-6-17/h2-10,19-20H,11-13H2,1H3. The number of hydrogen-bond donors (Lipinski definition) is 1. The average Bonchev–Trinajstić information content (AvgIpc) is 2.96. The zero-order chi connectivity index (χ0) is 19.4. The second-order valence-corrected chi connectivity index (χ2v) is 9.28. The molecular formula is C19H20N2O4S2. The Hall–Kier alpha value is -2.32. The quantitative estimate of drug-likeness (QED) is 0.799. The van der Waals surface area contributed by atoms with Gasteiger partial charge < -0.3 is 4.90 Å². The highest BCUT2D eigenvalue weighted by Crippen LogP contribution is 2.30. The van der Waals surface area contributed by atoms with E-state index in [2.05, 4.69) is 4.72 Å². The summed E-state index contributed by atoms with van der Waals surface area (Å²) < 4.78 is 27.3. The summed E-state index contributed by atoms with van der Waals surface area (Å²) in [7, 11) is -3.63. The van der Waals surface area contributed by atoms with Crippen LogP contribution >= 0.6 is 11.8 Å². The monoisotopic (exact) mass is 404 g/mol. The van der Waals surface area contributed by atoms with Gasteiger partial charge in [-0.3, -0.25) is 14.3 Å². The van der Waals surface area contributed by atoms with Crippen molar-refractivity contribution in [2.75, 3.05) is 4.72 Å². The van der Waals surface area contributed by atoms with Crippen molar-refractivity contribution in [1.29, 1.82) is 0 Å². The number of carbonyl (C=O) groups excluding carboxylic acids is 2. The van der Waals surface area contributed by atoms with Gasteiger partial charge in [0.25, 0.3) is 10.0 Å². The molecule has 1 atom stereocenters. The summed E-state index contributed by atoms with van der Waals surface area (Å²) in [5.41, 5.74) is 1.33. The summed E-state index contributed by atoms with van der Waals surface area (Å²) in [5.74, 6) is 0.0302. The van der Waals surface area contributed by atoms with E-state index in [0.717, 1.165) is 5.56 Å². The van der Waals surface area contributed by atoms with Crippen LogP contribution in [0, 0.1) is 0 Å². The second-order valence-electron chi connectivity index (χ2n) is 6.24. The molecule has 1 N–H and O–H groups in total. The molecule has 0 bridgehead atoms. The summed E-state index contributed by atoms with van der Waals surface area (Å²) in [5, 5.41) is -0.142. The van der Waals surface area contributed by atoms with E-state index in [1.54, 1.807) is 47.4 Å². The molecular weight excluding hydrogens is 384 g/mol. The lowest BCUT2D eigenvalue weighted by Gasteiger charge is -2.23. The van der Waals surface area contributed by atoms with Crippen molar-refractivity contribution in [3.8, 4) is 0 Å². The highest BCUT2D eigenvalue weighted by atomic mass is 32.2. The lowest BCUT2D eigenvalue weighted by molar-refractivity contribution is -0.128. The van der Waals surface area contributed by atoms with Crippen LogP contribution in [0.1, 0.15) is 25.3 Å². The van der Waals surface area contributed by atoms with Gasteiger partial charge in [0.05, 0.1) is 10.3 Å². The third kappa shape index (κ3) is 4.90. The number of amides is 1. The van der Waals surface area contributed by atoms with Crippen molar-refractivity contribution in [1.82, 2.24) is 4.90 Å². The van der Waals surface area contributed by atoms with Crippen LogP contribution in [0.4, 0.5) is 5.69 Å². The zero-order valence-corrected chi connectivity index (χ0v) is 16.4. The van der Waals surface area contributed by atoms with Crippen LogP contribution in [0.5, 0.6) is 0 Å². The maximum atomic E-state index is 12.4. The van der Waals surface area contributed by atoms with E-state index in [9.17, 15) is 18.0 Å². The van der Waals surface area contributed by atoms with Gasteiger partial charge in [-0.05, 0) is 36.2 Å². The number of benzene rings is 2. The van der Waals surface area contributed by atoms with Crippen molar-refractivity contribution in [2.24, 2.45) is 0 Å². The molecule has 0 aromatic heterocycles. The molecule has 2 aromatic carbocycles. The van der Waals surface area contributed by atoms with Crippen LogP contribution in [0.3, 0.4) is 0 Å². The lowest BCUT2D eigenvalue weighted by atomic mass is 10.2. The molecule has 1 fully saturated rings. The number of anilines is 1. The van der Waals surface area contributed by atoms with Gasteiger partial charge in [0.1, 0.15) is 0 Å². The van der Waals surface area contributed by atoms with Crippen LogP contribution in [-0.2, 0) is 26.2 Å². The number of rotatable bonds is 6. The van der Waals surface area contributed by atoms with Crippen LogP contribution in [0.15, 0.2) is 59.5 Å². The van der Waals surface area contributed by atoms with Crippen molar-refractivity contribution in [3.63, 3.8) is 0 Å². The number of nitrogens with zero attached hydrogens (tertiary/aromatic N) is 1. The highest BCUT2D eigenvalue weighted by molar-refractivity contribution is 8.14. The van der Waals surface area contributed by atoms with Crippen LogP contribution < -0.4 is 4.72 Å². The summed E-state index contributed by atoms with van der Waals surface area (Å²) in [4.78, 5) is 25.3. The van der Waals surface area contributed by atoms with E-state index >= 15 is 0 Å². The minimum atomic E-state index is -3.63. The molecule has 6 nitrogen and oxygen atoms in total. The van der Waals surface area contributed by atoms with Crippen molar-refractivity contribution in [2.45, 2.75) is 36.6 Å². The molecule has 3 rings (SSSR count). The molecule has 0 radical (unpaired) electrons. The fraction of sp³-hybridized carbons (Fsp3) is 0.263. The number of carbonyl (C=O) groups is 2. The summed E-state index contributed by atoms with van der Waals surface area (Å²) >= 11 is 1.18. The Morgan fingerprint density at radius 2 is 1.81 bits per heavy atom. The predicted octanol–water partition coefficient (Wildman–Crippen LogP) is 3.22. The van der Waals surface area contributed by atoms with Crippen LogP contribution in [0.25, 0.3) is 0 Å². The van der Waals surface area contributed by atoms with Gasteiger partial charge >= 0.3 is 0 Å². The van der Waals surface area contributed by atoms with E-state index in [-0.39, 0.29) is 21.3 Å². The average molecular weight is 405 g/mol. The molecule has 1 unspecified atom stereocenters. The number of thioether (sulfide) groups is 1. The first-order valence-corrected chi connectivity index (χ1v) is 10.8. The normalized spacial score (nSPS) is 17.1. The Balaban J connectivity index is 1.68. The first-order chi connectivity index (χ1) is 12.8. The number of hydrogen-bond acceptors (Lipinski definition) is 5. The SMILES string of the molecule is CC(=O)SC1CCC(=O)N1Cc1ccc(NS(=O)(=O)c2ccccc2)cc1. The fourth-order valence-electron chi connectivity index (χ4n) is 2.90. The second kappa shape index (κ2) is 8.14. The van der Waals surface area contributed by atoms with E-state index in [1.165, 1.54) is 30.8 Å². The zero-order valence-electron chi connectivity index (χ0n) is 14.8. The summed E-state index contributed by atoms with van der Waals surface area (Å²) in [6.07, 6.45) is 1.11. The Morgan fingerprint density at radius 3 is 2.44 bits per heavy atom. The summed E-state index contributed by atoms with van der Waals surface area (Å²) in [6.45, 7) is 1.90. The smallest absolute Gasteiger partial charge is 0.261 e. The summed E-state index contributed by atoms with van der Waals surface area (Å²) in [6, 6.07) is 15.1. The molecule has 27 heavy (non-hydrogen) atoms. The largest absolute Gasteiger partial charge is 0.326 e. The highest BCUT2D eigenvalue weighted by Gasteiger charge is 2.32. The molecule has 1 heterocycles. The lowest BCUT2D eigenvalue weighted by Crippen LogP contribution is -2.30. The molecule has 1 amide bonds. The number of likely N-dealkylation sites (tertiary alicyclic amines) is 1. The minimum absolute atomic E-state index is 0.00892. The third-order valence-corrected chi connectivity index (χ3v) is 6.68. The van der Waals surface area contributed by atoms with Gasteiger partial charge in [-0.1, -0.05) is 42.1 Å². The van der Waals surface area contributed by atoms with E-state index in [1.807, 2.05) is 0 Å².